The number of hydrogen-bond donors (Lipinski definition) is 2. The summed E-state index contributed by atoms with van der Waals surface area (Å²) in [7, 11) is 3.17. The third-order valence-corrected chi connectivity index (χ3v) is 4.15. The summed E-state index contributed by atoms with van der Waals surface area (Å²) >= 11 is 0. The van der Waals surface area contributed by atoms with Gasteiger partial charge in [-0.25, -0.2) is 9.78 Å². The Morgan fingerprint density at radius 3 is 2.64 bits per heavy atom. The summed E-state index contributed by atoms with van der Waals surface area (Å²) in [6.07, 6.45) is 5.32. The van der Waals surface area contributed by atoms with Crippen LogP contribution in [0, 0.1) is 0 Å². The number of benzene rings is 1. The second kappa shape index (κ2) is 9.40. The highest BCUT2D eigenvalue weighted by molar-refractivity contribution is 5.73. The van der Waals surface area contributed by atoms with E-state index in [9.17, 15) is 4.79 Å². The molecule has 8 nitrogen and oxygen atoms in total. The Balaban J connectivity index is 1.48. The van der Waals surface area contributed by atoms with Gasteiger partial charge in [0.15, 0.2) is 17.3 Å². The normalized spacial score (nSPS) is 10.4. The number of carbonyl (C=O) groups is 1. The van der Waals surface area contributed by atoms with E-state index in [4.69, 9.17) is 9.47 Å². The van der Waals surface area contributed by atoms with Gasteiger partial charge in [0.2, 0.25) is 0 Å². The Morgan fingerprint density at radius 1 is 1.04 bits per heavy atom. The van der Waals surface area contributed by atoms with E-state index in [2.05, 4.69) is 20.6 Å². The predicted molar refractivity (Wildman–Crippen MR) is 105 cm³/mol. The molecule has 0 atom stereocenters. The first-order valence-corrected chi connectivity index (χ1v) is 8.86. The Hall–Kier alpha value is -3.55. The number of hydrogen-bond acceptors (Lipinski definition) is 5. The quantitative estimate of drug-likeness (QED) is 0.626. The molecule has 0 aliphatic carbocycles. The zero-order chi connectivity index (χ0) is 19.8. The van der Waals surface area contributed by atoms with Crippen LogP contribution in [0.5, 0.6) is 11.5 Å². The van der Waals surface area contributed by atoms with E-state index in [1.165, 1.54) is 0 Å². The molecule has 0 fully saturated rings. The summed E-state index contributed by atoms with van der Waals surface area (Å²) in [4.78, 5) is 20.7. The van der Waals surface area contributed by atoms with Crippen LogP contribution in [-0.4, -0.2) is 41.3 Å². The maximum absolute atomic E-state index is 12.1. The van der Waals surface area contributed by atoms with E-state index in [1.807, 2.05) is 47.2 Å². The number of methoxy groups -OCH3 is 2. The molecule has 2 N–H and O–H groups in total. The van der Waals surface area contributed by atoms with Crippen LogP contribution in [0.15, 0.2) is 55.0 Å². The molecule has 0 saturated heterocycles. The number of ether oxygens (including phenoxy) is 2. The second-order valence-electron chi connectivity index (χ2n) is 5.96. The van der Waals surface area contributed by atoms with Gasteiger partial charge in [0.25, 0.3) is 0 Å². The minimum absolute atomic E-state index is 0.241. The molecule has 2 heterocycles. The molecule has 28 heavy (non-hydrogen) atoms. The number of aromatic nitrogens is 3. The Kier molecular flexibility index (Phi) is 6.46. The van der Waals surface area contributed by atoms with Gasteiger partial charge in [0, 0.05) is 38.2 Å². The molecule has 0 radical (unpaired) electrons. The molecule has 0 bridgehead atoms. The molecule has 3 aromatic rings. The first-order valence-electron chi connectivity index (χ1n) is 8.86. The monoisotopic (exact) mass is 381 g/mol. The minimum Gasteiger partial charge on any atom is -0.493 e. The second-order valence-corrected chi connectivity index (χ2v) is 5.96. The van der Waals surface area contributed by atoms with Gasteiger partial charge in [0.1, 0.15) is 5.69 Å². The Bertz CT molecular complexity index is 911. The summed E-state index contributed by atoms with van der Waals surface area (Å²) < 4.78 is 12.4. The van der Waals surface area contributed by atoms with Crippen molar-refractivity contribution in [3.05, 3.63) is 60.6 Å². The van der Waals surface area contributed by atoms with Crippen molar-refractivity contribution in [3.63, 3.8) is 0 Å². The van der Waals surface area contributed by atoms with Gasteiger partial charge >= 0.3 is 6.03 Å². The highest BCUT2D eigenvalue weighted by Crippen LogP contribution is 2.27. The number of imidazole rings is 1. The van der Waals surface area contributed by atoms with Crippen molar-refractivity contribution in [1.82, 2.24) is 25.2 Å². The van der Waals surface area contributed by atoms with Crippen LogP contribution in [0.3, 0.4) is 0 Å². The molecule has 0 aliphatic heterocycles. The maximum Gasteiger partial charge on any atom is 0.315 e. The van der Waals surface area contributed by atoms with Gasteiger partial charge in [-0.2, -0.15) is 0 Å². The maximum atomic E-state index is 12.1. The molecule has 0 spiro atoms. The Morgan fingerprint density at radius 2 is 1.89 bits per heavy atom. The summed E-state index contributed by atoms with van der Waals surface area (Å²) in [5.41, 5.74) is 1.71. The van der Waals surface area contributed by atoms with Crippen LogP contribution in [0.25, 0.3) is 11.5 Å². The van der Waals surface area contributed by atoms with E-state index in [0.717, 1.165) is 17.1 Å². The minimum atomic E-state index is -0.241. The number of amides is 2. The van der Waals surface area contributed by atoms with Crippen molar-refractivity contribution < 1.29 is 14.3 Å². The zero-order valence-corrected chi connectivity index (χ0v) is 15.9. The summed E-state index contributed by atoms with van der Waals surface area (Å²) in [6, 6.07) is 11.0. The number of rotatable bonds is 8. The predicted octanol–water partition coefficient (Wildman–Crippen LogP) is 2.46. The van der Waals surface area contributed by atoms with Gasteiger partial charge in [-0.1, -0.05) is 12.1 Å². The SMILES string of the molecule is COc1ccc(CNC(=O)NCCn2ccnc2-c2ccccn2)cc1OC. The number of carbonyl (C=O) groups excluding carboxylic acids is 1. The van der Waals surface area contributed by atoms with Gasteiger partial charge in [-0.3, -0.25) is 4.98 Å². The van der Waals surface area contributed by atoms with Crippen LogP contribution in [0.4, 0.5) is 4.79 Å². The van der Waals surface area contributed by atoms with E-state index in [0.29, 0.717) is 31.1 Å². The van der Waals surface area contributed by atoms with Gasteiger partial charge in [-0.15, -0.1) is 0 Å². The van der Waals surface area contributed by atoms with Crippen molar-refractivity contribution in [3.8, 4) is 23.0 Å². The smallest absolute Gasteiger partial charge is 0.315 e. The van der Waals surface area contributed by atoms with Crippen molar-refractivity contribution in [2.24, 2.45) is 0 Å². The molecule has 146 valence electrons. The molecule has 0 unspecified atom stereocenters. The number of urea groups is 1. The van der Waals surface area contributed by atoms with Crippen molar-refractivity contribution >= 4 is 6.03 Å². The summed E-state index contributed by atoms with van der Waals surface area (Å²) in [5.74, 6) is 2.05. The molecule has 0 aliphatic rings. The number of nitrogens with zero attached hydrogens (tertiary/aromatic N) is 3. The summed E-state index contributed by atoms with van der Waals surface area (Å²) in [6.45, 7) is 1.44. The third-order valence-electron chi connectivity index (χ3n) is 4.15. The van der Waals surface area contributed by atoms with Crippen LogP contribution in [0.1, 0.15) is 5.56 Å². The first-order chi connectivity index (χ1) is 13.7. The average Bonchev–Trinajstić information content (AvgIpc) is 3.21. The highest BCUT2D eigenvalue weighted by atomic mass is 16.5. The molecule has 3 rings (SSSR count). The zero-order valence-electron chi connectivity index (χ0n) is 15.9. The molecular formula is C20H23N5O3. The standard InChI is InChI=1S/C20H23N5O3/c1-27-17-7-6-15(13-18(17)28-2)14-24-20(26)23-10-12-25-11-9-22-19(25)16-5-3-4-8-21-16/h3-9,11,13H,10,12,14H2,1-2H3,(H2,23,24,26). The lowest BCUT2D eigenvalue weighted by atomic mass is 10.2. The fraction of sp³-hybridized carbons (Fsp3) is 0.250. The van der Waals surface area contributed by atoms with E-state index in [-0.39, 0.29) is 6.03 Å². The molecule has 0 saturated carbocycles. The van der Waals surface area contributed by atoms with Gasteiger partial charge in [-0.05, 0) is 29.8 Å². The molecule has 2 amide bonds. The lowest BCUT2D eigenvalue weighted by Crippen LogP contribution is -2.36. The van der Waals surface area contributed by atoms with Crippen molar-refractivity contribution in [2.75, 3.05) is 20.8 Å². The van der Waals surface area contributed by atoms with Gasteiger partial charge in [0.05, 0.1) is 14.2 Å². The molecule has 8 heteroatoms. The van der Waals surface area contributed by atoms with E-state index < -0.39 is 0 Å². The lowest BCUT2D eigenvalue weighted by molar-refractivity contribution is 0.240. The first kappa shape index (κ1) is 19.2. The summed E-state index contributed by atoms with van der Waals surface area (Å²) in [5, 5.41) is 5.68. The number of pyridine rings is 1. The molecule has 1 aromatic carbocycles. The van der Waals surface area contributed by atoms with Crippen LogP contribution >= 0.6 is 0 Å². The van der Waals surface area contributed by atoms with Gasteiger partial charge < -0.3 is 24.7 Å². The van der Waals surface area contributed by atoms with Crippen LogP contribution in [-0.2, 0) is 13.1 Å². The van der Waals surface area contributed by atoms with Crippen molar-refractivity contribution in [2.45, 2.75) is 13.1 Å². The number of nitrogens with one attached hydrogen (secondary N) is 2. The van der Waals surface area contributed by atoms with E-state index in [1.54, 1.807) is 26.6 Å². The molecular weight excluding hydrogens is 358 g/mol. The Labute approximate surface area is 163 Å². The van der Waals surface area contributed by atoms with E-state index >= 15 is 0 Å². The molecule has 2 aromatic heterocycles. The van der Waals surface area contributed by atoms with Crippen LogP contribution < -0.4 is 20.1 Å². The largest absolute Gasteiger partial charge is 0.493 e. The van der Waals surface area contributed by atoms with Crippen molar-refractivity contribution in [1.29, 1.82) is 0 Å². The highest BCUT2D eigenvalue weighted by Gasteiger charge is 2.08. The fourth-order valence-corrected chi connectivity index (χ4v) is 2.74. The third kappa shape index (κ3) is 4.79. The lowest BCUT2D eigenvalue weighted by Gasteiger charge is -2.12. The topological polar surface area (TPSA) is 90.3 Å². The fourth-order valence-electron chi connectivity index (χ4n) is 2.74. The van der Waals surface area contributed by atoms with Crippen LogP contribution in [0.2, 0.25) is 0 Å². The average molecular weight is 381 g/mol.